The van der Waals surface area contributed by atoms with Crippen LogP contribution in [0.4, 0.5) is 23.4 Å². The molecule has 1 atom stereocenters. The number of anilines is 1. The van der Waals surface area contributed by atoms with E-state index in [9.17, 15) is 13.2 Å². The highest BCUT2D eigenvalue weighted by atomic mass is 19.4. The van der Waals surface area contributed by atoms with Crippen LogP contribution in [-0.4, -0.2) is 47.8 Å². The van der Waals surface area contributed by atoms with Crippen molar-refractivity contribution in [1.29, 1.82) is 0 Å². The summed E-state index contributed by atoms with van der Waals surface area (Å²) in [6.07, 6.45) is 6.17. The van der Waals surface area contributed by atoms with Crippen molar-refractivity contribution in [2.45, 2.75) is 65.6 Å². The Morgan fingerprint density at radius 3 is 2.50 bits per heavy atom. The third-order valence-corrected chi connectivity index (χ3v) is 7.08. The molecule has 40 heavy (non-hydrogen) atoms. The van der Waals surface area contributed by atoms with E-state index < -0.39 is 17.6 Å². The van der Waals surface area contributed by atoms with E-state index >= 15 is 4.39 Å². The summed E-state index contributed by atoms with van der Waals surface area (Å²) in [6.45, 7) is 7.61. The smallest absolute Gasteiger partial charge is 0.416 e. The van der Waals surface area contributed by atoms with Gasteiger partial charge >= 0.3 is 6.18 Å². The molecule has 0 spiro atoms. The molecule has 0 radical (unpaired) electrons. The van der Waals surface area contributed by atoms with Gasteiger partial charge in [0.1, 0.15) is 11.6 Å². The summed E-state index contributed by atoms with van der Waals surface area (Å²) in [6, 6.07) is 3.48. The first-order chi connectivity index (χ1) is 19.0. The molecule has 216 valence electrons. The molecular formula is C31H38F4N4O. The number of hydrogen-bond donors (Lipinski definition) is 1. The van der Waals surface area contributed by atoms with Crippen molar-refractivity contribution in [2.75, 3.05) is 26.0 Å². The second-order valence-electron chi connectivity index (χ2n) is 9.71. The summed E-state index contributed by atoms with van der Waals surface area (Å²) in [5, 5.41) is 5.18. The number of fused-ring (bicyclic) bond motifs is 1. The van der Waals surface area contributed by atoms with Crippen molar-refractivity contribution in [2.24, 2.45) is 0 Å². The summed E-state index contributed by atoms with van der Waals surface area (Å²) >= 11 is 0. The van der Waals surface area contributed by atoms with Crippen molar-refractivity contribution >= 4 is 16.6 Å². The normalized spacial score (nSPS) is 19.2. The highest BCUT2D eigenvalue weighted by Crippen LogP contribution is 2.36. The number of ether oxygens (including phenoxy) is 1. The molecule has 1 fully saturated rings. The highest BCUT2D eigenvalue weighted by Gasteiger charge is 2.33. The molecular weight excluding hydrogens is 520 g/mol. The number of allylic oxidation sites excluding steroid dienone is 9. The van der Waals surface area contributed by atoms with Crippen LogP contribution < -0.4 is 10.1 Å². The maximum absolute atomic E-state index is 15.4. The van der Waals surface area contributed by atoms with Crippen molar-refractivity contribution in [3.8, 4) is 5.88 Å². The number of piperidine rings is 1. The van der Waals surface area contributed by atoms with E-state index in [1.807, 2.05) is 39.1 Å². The quantitative estimate of drug-likeness (QED) is 0.247. The van der Waals surface area contributed by atoms with Crippen LogP contribution in [0, 0.1) is 0 Å². The highest BCUT2D eigenvalue weighted by molar-refractivity contribution is 5.94. The lowest BCUT2D eigenvalue weighted by Crippen LogP contribution is -2.38. The molecule has 2 aromatic heterocycles. The molecule has 3 heterocycles. The Hall–Kier alpha value is -3.62. The third kappa shape index (κ3) is 7.11. The standard InChI is InChI=1S/C31H38F4N4O/c1-7-11-21(31(33,34)35)18-25(26(32)9-3)24(20(4)8-2)19-28-27(12-10-17-39(28)5)38-29-22-13-16-37-30(40-6)23(22)14-15-36-29/h9,11,13-16,18-19,27H,7-8,10,12,17H2,1-6H3,(H,36,38)/b21-11-,24-20?,25-18-,26-9+,28-19-. The number of nitrogens with one attached hydrogen (secondary N) is 1. The fourth-order valence-corrected chi connectivity index (χ4v) is 4.78. The zero-order valence-electron chi connectivity index (χ0n) is 24.0. The predicted molar refractivity (Wildman–Crippen MR) is 154 cm³/mol. The molecule has 0 bridgehead atoms. The van der Waals surface area contributed by atoms with Gasteiger partial charge < -0.3 is 15.0 Å². The van der Waals surface area contributed by atoms with Crippen LogP contribution in [0.5, 0.6) is 5.88 Å². The van der Waals surface area contributed by atoms with Crippen LogP contribution in [0.15, 0.2) is 82.6 Å². The maximum atomic E-state index is 15.4. The molecule has 0 aromatic carbocycles. The molecule has 5 nitrogen and oxygen atoms in total. The van der Waals surface area contributed by atoms with E-state index in [2.05, 4.69) is 20.2 Å². The molecule has 0 amide bonds. The Labute approximate surface area is 234 Å². The van der Waals surface area contributed by atoms with Crippen molar-refractivity contribution in [3.05, 3.63) is 82.6 Å². The summed E-state index contributed by atoms with van der Waals surface area (Å²) in [4.78, 5) is 10.9. The molecule has 1 saturated heterocycles. The van der Waals surface area contributed by atoms with Crippen LogP contribution in [0.3, 0.4) is 0 Å². The van der Waals surface area contributed by atoms with E-state index in [1.54, 1.807) is 26.4 Å². The predicted octanol–water partition coefficient (Wildman–Crippen LogP) is 8.45. The summed E-state index contributed by atoms with van der Waals surface area (Å²) in [5.41, 5.74) is 1.12. The zero-order valence-corrected chi connectivity index (χ0v) is 24.0. The van der Waals surface area contributed by atoms with Gasteiger partial charge in [-0.2, -0.15) is 13.2 Å². The molecule has 0 saturated carbocycles. The lowest BCUT2D eigenvalue weighted by Gasteiger charge is -2.36. The van der Waals surface area contributed by atoms with E-state index in [0.29, 0.717) is 23.7 Å². The number of likely N-dealkylation sites (N-methyl/N-ethyl adjacent to an activating group) is 1. The molecule has 0 aliphatic carbocycles. The van der Waals surface area contributed by atoms with Crippen molar-refractivity contribution < 1.29 is 22.3 Å². The number of methoxy groups -OCH3 is 1. The molecule has 1 unspecified atom stereocenters. The summed E-state index contributed by atoms with van der Waals surface area (Å²) < 4.78 is 62.4. The van der Waals surface area contributed by atoms with Gasteiger partial charge in [0.05, 0.1) is 18.7 Å². The number of nitrogens with zero attached hydrogens (tertiary/aromatic N) is 3. The van der Waals surface area contributed by atoms with Gasteiger partial charge in [-0.15, -0.1) is 0 Å². The minimum absolute atomic E-state index is 0.0804. The van der Waals surface area contributed by atoms with Gasteiger partial charge in [-0.05, 0) is 69.4 Å². The Balaban J connectivity index is 2.18. The fourth-order valence-electron chi connectivity index (χ4n) is 4.78. The first-order valence-electron chi connectivity index (χ1n) is 13.5. The van der Waals surface area contributed by atoms with Crippen LogP contribution in [-0.2, 0) is 0 Å². The molecule has 1 aliphatic rings. The number of aromatic nitrogens is 2. The van der Waals surface area contributed by atoms with Gasteiger partial charge in [0.25, 0.3) is 0 Å². The van der Waals surface area contributed by atoms with Crippen molar-refractivity contribution in [1.82, 2.24) is 14.9 Å². The minimum atomic E-state index is -4.60. The fraction of sp³-hybridized carbons (Fsp3) is 0.419. The van der Waals surface area contributed by atoms with Gasteiger partial charge in [0, 0.05) is 48.0 Å². The van der Waals surface area contributed by atoms with E-state index in [0.717, 1.165) is 53.6 Å². The third-order valence-electron chi connectivity index (χ3n) is 7.08. The Morgan fingerprint density at radius 1 is 1.18 bits per heavy atom. The van der Waals surface area contributed by atoms with Gasteiger partial charge in [0.15, 0.2) is 0 Å². The first-order valence-corrected chi connectivity index (χ1v) is 13.5. The minimum Gasteiger partial charge on any atom is -0.481 e. The number of halogens is 4. The second kappa shape index (κ2) is 13.6. The number of likely N-dealkylation sites (tertiary alicyclic amines) is 1. The van der Waals surface area contributed by atoms with Crippen LogP contribution >= 0.6 is 0 Å². The average Bonchev–Trinajstić information content (AvgIpc) is 2.94. The maximum Gasteiger partial charge on any atom is 0.416 e. The van der Waals surface area contributed by atoms with E-state index in [4.69, 9.17) is 4.74 Å². The van der Waals surface area contributed by atoms with Gasteiger partial charge in [-0.3, -0.25) is 0 Å². The van der Waals surface area contributed by atoms with Crippen molar-refractivity contribution in [3.63, 3.8) is 0 Å². The summed E-state index contributed by atoms with van der Waals surface area (Å²) in [5.74, 6) is 0.424. The van der Waals surface area contributed by atoms with Gasteiger partial charge in [0.2, 0.25) is 5.88 Å². The zero-order chi connectivity index (χ0) is 29.4. The Morgan fingerprint density at radius 2 is 1.88 bits per heavy atom. The number of rotatable bonds is 9. The summed E-state index contributed by atoms with van der Waals surface area (Å²) in [7, 11) is 3.50. The largest absolute Gasteiger partial charge is 0.481 e. The van der Waals surface area contributed by atoms with Crippen LogP contribution in [0.2, 0.25) is 0 Å². The van der Waals surface area contributed by atoms with E-state index in [1.165, 1.54) is 13.0 Å². The Bertz CT molecular complexity index is 1350. The monoisotopic (exact) mass is 558 g/mol. The lowest BCUT2D eigenvalue weighted by atomic mass is 9.91. The van der Waals surface area contributed by atoms with Gasteiger partial charge in [-0.25, -0.2) is 14.4 Å². The van der Waals surface area contributed by atoms with Crippen LogP contribution in [0.25, 0.3) is 10.8 Å². The van der Waals surface area contributed by atoms with Crippen LogP contribution in [0.1, 0.15) is 53.4 Å². The number of pyridine rings is 2. The SMILES string of the molecule is C\C=C(F)/C(=C\C(=C\CC)C(F)(F)F)C(/C=C1/C(Nc2nccc3c(OC)nccc23)CCCN1C)=C(C)CC. The topological polar surface area (TPSA) is 50.3 Å². The van der Waals surface area contributed by atoms with Gasteiger partial charge in [-0.1, -0.05) is 31.6 Å². The molecule has 1 N–H and O–H groups in total. The molecule has 9 heteroatoms. The number of alkyl halides is 3. The first kappa shape index (κ1) is 30.9. The average molecular weight is 559 g/mol. The van der Waals surface area contributed by atoms with E-state index in [-0.39, 0.29) is 18.0 Å². The molecule has 1 aliphatic heterocycles. The Kier molecular flexibility index (Phi) is 10.5. The second-order valence-corrected chi connectivity index (χ2v) is 9.71. The lowest BCUT2D eigenvalue weighted by molar-refractivity contribution is -0.0884. The molecule has 3 rings (SSSR count). The molecule has 2 aromatic rings. The number of hydrogen-bond acceptors (Lipinski definition) is 5.